The molecule has 1 heterocycles. The van der Waals surface area contributed by atoms with Crippen LogP contribution < -0.4 is 5.32 Å². The SMILES string of the molecule is C=CCNc1nc(C)cn1C1CCCCC1C(C)C. The third kappa shape index (κ3) is 3.20. The van der Waals surface area contributed by atoms with E-state index in [1.165, 1.54) is 25.7 Å². The Hall–Kier alpha value is -1.25. The first-order valence-corrected chi connectivity index (χ1v) is 7.53. The van der Waals surface area contributed by atoms with Crippen LogP contribution in [0.3, 0.4) is 0 Å². The molecular weight excluding hydrogens is 234 g/mol. The van der Waals surface area contributed by atoms with Crippen molar-refractivity contribution in [2.45, 2.75) is 52.5 Å². The second kappa shape index (κ2) is 6.27. The van der Waals surface area contributed by atoms with Crippen molar-refractivity contribution in [3.8, 4) is 0 Å². The normalized spacial score (nSPS) is 23.6. The molecule has 2 atom stereocenters. The van der Waals surface area contributed by atoms with Crippen molar-refractivity contribution in [1.82, 2.24) is 9.55 Å². The second-order valence-corrected chi connectivity index (χ2v) is 6.04. The van der Waals surface area contributed by atoms with Gasteiger partial charge in [-0.15, -0.1) is 6.58 Å². The maximum absolute atomic E-state index is 4.62. The summed E-state index contributed by atoms with van der Waals surface area (Å²) >= 11 is 0. The molecular formula is C16H27N3. The Balaban J connectivity index is 2.24. The van der Waals surface area contributed by atoms with Gasteiger partial charge in [-0.2, -0.15) is 0 Å². The van der Waals surface area contributed by atoms with Crippen molar-refractivity contribution in [1.29, 1.82) is 0 Å². The highest BCUT2D eigenvalue weighted by molar-refractivity contribution is 5.30. The molecule has 0 amide bonds. The summed E-state index contributed by atoms with van der Waals surface area (Å²) in [6.45, 7) is 11.3. The molecule has 106 valence electrons. The number of rotatable bonds is 5. The fourth-order valence-corrected chi connectivity index (χ4v) is 3.33. The van der Waals surface area contributed by atoms with Crippen LogP contribution in [0.1, 0.15) is 51.3 Å². The number of aromatic nitrogens is 2. The van der Waals surface area contributed by atoms with Gasteiger partial charge in [-0.1, -0.05) is 32.8 Å². The van der Waals surface area contributed by atoms with E-state index in [0.29, 0.717) is 6.04 Å². The topological polar surface area (TPSA) is 29.9 Å². The molecule has 1 aromatic heterocycles. The van der Waals surface area contributed by atoms with Crippen molar-refractivity contribution < 1.29 is 0 Å². The highest BCUT2D eigenvalue weighted by Crippen LogP contribution is 2.39. The quantitative estimate of drug-likeness (QED) is 0.806. The molecule has 0 aliphatic heterocycles. The van der Waals surface area contributed by atoms with E-state index in [1.54, 1.807) is 0 Å². The number of hydrogen-bond donors (Lipinski definition) is 1. The average molecular weight is 261 g/mol. The van der Waals surface area contributed by atoms with E-state index in [0.717, 1.165) is 30.0 Å². The minimum absolute atomic E-state index is 0.599. The van der Waals surface area contributed by atoms with Crippen LogP contribution in [0, 0.1) is 18.8 Å². The Morgan fingerprint density at radius 1 is 1.47 bits per heavy atom. The molecule has 1 saturated carbocycles. The van der Waals surface area contributed by atoms with E-state index < -0.39 is 0 Å². The molecule has 1 aliphatic carbocycles. The Bertz CT molecular complexity index is 420. The highest BCUT2D eigenvalue weighted by atomic mass is 15.2. The fourth-order valence-electron chi connectivity index (χ4n) is 3.33. The smallest absolute Gasteiger partial charge is 0.203 e. The van der Waals surface area contributed by atoms with Crippen molar-refractivity contribution in [3.05, 3.63) is 24.5 Å². The zero-order valence-corrected chi connectivity index (χ0v) is 12.5. The monoisotopic (exact) mass is 261 g/mol. The standard InChI is InChI=1S/C16H27N3/c1-5-10-17-16-18-13(4)11-19(16)15-9-7-6-8-14(15)12(2)3/h5,11-12,14-15H,1,6-10H2,2-4H3,(H,17,18). The first-order valence-electron chi connectivity index (χ1n) is 7.53. The summed E-state index contributed by atoms with van der Waals surface area (Å²) in [7, 11) is 0. The van der Waals surface area contributed by atoms with Crippen LogP contribution in [0.4, 0.5) is 5.95 Å². The van der Waals surface area contributed by atoms with Gasteiger partial charge in [0.05, 0.1) is 5.69 Å². The van der Waals surface area contributed by atoms with Gasteiger partial charge < -0.3 is 9.88 Å². The molecule has 1 N–H and O–H groups in total. The Morgan fingerprint density at radius 2 is 2.21 bits per heavy atom. The molecule has 3 nitrogen and oxygen atoms in total. The summed E-state index contributed by atoms with van der Waals surface area (Å²) in [6.07, 6.45) is 9.43. The highest BCUT2D eigenvalue weighted by Gasteiger charge is 2.30. The Kier molecular flexibility index (Phi) is 4.67. The number of anilines is 1. The van der Waals surface area contributed by atoms with Crippen LogP contribution in [0.2, 0.25) is 0 Å². The van der Waals surface area contributed by atoms with Crippen molar-refractivity contribution in [3.63, 3.8) is 0 Å². The summed E-state index contributed by atoms with van der Waals surface area (Å²) in [4.78, 5) is 4.62. The third-order valence-electron chi connectivity index (χ3n) is 4.25. The molecule has 19 heavy (non-hydrogen) atoms. The molecule has 0 spiro atoms. The molecule has 2 unspecified atom stereocenters. The summed E-state index contributed by atoms with van der Waals surface area (Å²) in [6, 6.07) is 0.599. The van der Waals surface area contributed by atoms with Crippen molar-refractivity contribution in [2.24, 2.45) is 11.8 Å². The lowest BCUT2D eigenvalue weighted by Gasteiger charge is -2.36. The lowest BCUT2D eigenvalue weighted by molar-refractivity contribution is 0.186. The molecule has 0 saturated heterocycles. The summed E-state index contributed by atoms with van der Waals surface area (Å²) in [5.74, 6) is 2.52. The zero-order chi connectivity index (χ0) is 13.8. The summed E-state index contributed by atoms with van der Waals surface area (Å²) < 4.78 is 2.38. The largest absolute Gasteiger partial charge is 0.352 e. The van der Waals surface area contributed by atoms with Gasteiger partial charge in [-0.3, -0.25) is 0 Å². The van der Waals surface area contributed by atoms with Crippen LogP contribution >= 0.6 is 0 Å². The molecule has 0 bridgehead atoms. The minimum Gasteiger partial charge on any atom is -0.352 e. The molecule has 1 fully saturated rings. The van der Waals surface area contributed by atoms with Gasteiger partial charge in [-0.05, 0) is 31.6 Å². The summed E-state index contributed by atoms with van der Waals surface area (Å²) in [5.41, 5.74) is 1.10. The predicted molar refractivity (Wildman–Crippen MR) is 81.5 cm³/mol. The van der Waals surface area contributed by atoms with Gasteiger partial charge in [0.2, 0.25) is 5.95 Å². The Morgan fingerprint density at radius 3 is 2.89 bits per heavy atom. The van der Waals surface area contributed by atoms with Crippen molar-refractivity contribution in [2.75, 3.05) is 11.9 Å². The third-order valence-corrected chi connectivity index (χ3v) is 4.25. The van der Waals surface area contributed by atoms with E-state index >= 15 is 0 Å². The summed E-state index contributed by atoms with van der Waals surface area (Å²) in [5, 5.41) is 3.37. The van der Waals surface area contributed by atoms with Gasteiger partial charge in [0.1, 0.15) is 0 Å². The molecule has 1 aromatic rings. The van der Waals surface area contributed by atoms with Crippen LogP contribution in [0.25, 0.3) is 0 Å². The van der Waals surface area contributed by atoms with E-state index in [4.69, 9.17) is 0 Å². The van der Waals surface area contributed by atoms with Gasteiger partial charge in [-0.25, -0.2) is 4.98 Å². The number of hydrogen-bond acceptors (Lipinski definition) is 2. The number of aryl methyl sites for hydroxylation is 1. The number of imidazole rings is 1. The average Bonchev–Trinajstić information content (AvgIpc) is 2.77. The van der Waals surface area contributed by atoms with Gasteiger partial charge in [0, 0.05) is 18.8 Å². The Labute approximate surface area is 117 Å². The lowest BCUT2D eigenvalue weighted by Crippen LogP contribution is -2.27. The molecule has 2 rings (SSSR count). The zero-order valence-electron chi connectivity index (χ0n) is 12.5. The van der Waals surface area contributed by atoms with Crippen LogP contribution in [0.15, 0.2) is 18.9 Å². The van der Waals surface area contributed by atoms with Crippen molar-refractivity contribution >= 4 is 5.95 Å². The molecule has 0 aromatic carbocycles. The van der Waals surface area contributed by atoms with E-state index in [2.05, 4.69) is 48.4 Å². The maximum atomic E-state index is 4.62. The van der Waals surface area contributed by atoms with Gasteiger partial charge in [0.15, 0.2) is 0 Å². The van der Waals surface area contributed by atoms with Crippen LogP contribution in [-0.4, -0.2) is 16.1 Å². The lowest BCUT2D eigenvalue weighted by atomic mass is 9.77. The predicted octanol–water partition coefficient (Wildman–Crippen LogP) is 4.18. The molecule has 1 aliphatic rings. The second-order valence-electron chi connectivity index (χ2n) is 6.04. The first-order chi connectivity index (χ1) is 9.13. The minimum atomic E-state index is 0.599. The van der Waals surface area contributed by atoms with E-state index in [9.17, 15) is 0 Å². The number of nitrogens with zero attached hydrogens (tertiary/aromatic N) is 2. The van der Waals surface area contributed by atoms with Crippen LogP contribution in [0.5, 0.6) is 0 Å². The molecule has 0 radical (unpaired) electrons. The molecule has 3 heteroatoms. The van der Waals surface area contributed by atoms with E-state index in [-0.39, 0.29) is 0 Å². The van der Waals surface area contributed by atoms with Gasteiger partial charge in [0.25, 0.3) is 0 Å². The number of nitrogens with one attached hydrogen (secondary N) is 1. The van der Waals surface area contributed by atoms with E-state index in [1.807, 2.05) is 6.08 Å². The van der Waals surface area contributed by atoms with Gasteiger partial charge >= 0.3 is 0 Å². The van der Waals surface area contributed by atoms with Crippen LogP contribution in [-0.2, 0) is 0 Å². The maximum Gasteiger partial charge on any atom is 0.203 e. The first kappa shape index (κ1) is 14.2. The fraction of sp³-hybridized carbons (Fsp3) is 0.688.